The summed E-state index contributed by atoms with van der Waals surface area (Å²) in [6.45, 7) is 3.06. The van der Waals surface area contributed by atoms with Crippen molar-refractivity contribution in [3.8, 4) is 0 Å². The van der Waals surface area contributed by atoms with Crippen molar-refractivity contribution in [2.75, 3.05) is 6.26 Å². The van der Waals surface area contributed by atoms with Crippen LogP contribution in [0.4, 0.5) is 0 Å². The summed E-state index contributed by atoms with van der Waals surface area (Å²) in [5.74, 6) is -0.185. The maximum atomic E-state index is 11.9. The first-order valence-electron chi connectivity index (χ1n) is 5.23. The molecule has 0 aliphatic heterocycles. The Balaban J connectivity index is 2.92. The molecule has 1 aromatic rings. The lowest BCUT2D eigenvalue weighted by Crippen LogP contribution is -2.15. The molecule has 0 aliphatic rings. The van der Waals surface area contributed by atoms with Crippen molar-refractivity contribution in [3.63, 3.8) is 0 Å². The van der Waals surface area contributed by atoms with E-state index in [1.54, 1.807) is 6.92 Å². The summed E-state index contributed by atoms with van der Waals surface area (Å²) in [5, 5.41) is -0.588. The molecule has 4 nitrogen and oxygen atoms in total. The highest BCUT2D eigenvalue weighted by Gasteiger charge is 2.18. The van der Waals surface area contributed by atoms with Gasteiger partial charge in [0, 0.05) is 18.7 Å². The van der Waals surface area contributed by atoms with E-state index in [0.717, 1.165) is 18.0 Å². The van der Waals surface area contributed by atoms with E-state index in [1.807, 2.05) is 0 Å². The van der Waals surface area contributed by atoms with Crippen molar-refractivity contribution in [2.45, 2.75) is 24.0 Å². The van der Waals surface area contributed by atoms with Crippen molar-refractivity contribution >= 4 is 32.5 Å². The van der Waals surface area contributed by atoms with Gasteiger partial charge >= 0.3 is 0 Å². The standard InChI is InChI=1S/C12H14O4S2/c1-8(17-9(2)13)12(14)10-4-6-11(7-5-10)18(3,15)16/h4-8H,1-3H3. The van der Waals surface area contributed by atoms with E-state index in [1.165, 1.54) is 31.2 Å². The molecule has 6 heteroatoms. The molecule has 0 saturated carbocycles. The Morgan fingerprint density at radius 3 is 2.06 bits per heavy atom. The van der Waals surface area contributed by atoms with Crippen molar-refractivity contribution in [2.24, 2.45) is 0 Å². The molecular formula is C12H14O4S2. The third kappa shape index (κ3) is 3.96. The van der Waals surface area contributed by atoms with Crippen molar-refractivity contribution in [3.05, 3.63) is 29.8 Å². The second kappa shape index (κ2) is 5.67. The number of thioether (sulfide) groups is 1. The highest BCUT2D eigenvalue weighted by Crippen LogP contribution is 2.18. The minimum atomic E-state index is -3.26. The molecule has 0 amide bonds. The van der Waals surface area contributed by atoms with Gasteiger partial charge in [-0.15, -0.1) is 0 Å². The normalized spacial score (nSPS) is 13.1. The van der Waals surface area contributed by atoms with Crippen molar-refractivity contribution in [1.29, 1.82) is 0 Å². The third-order valence-electron chi connectivity index (χ3n) is 2.28. The molecule has 0 saturated heterocycles. The molecule has 0 radical (unpaired) electrons. The molecule has 98 valence electrons. The highest BCUT2D eigenvalue weighted by atomic mass is 32.2. The number of hydrogen-bond acceptors (Lipinski definition) is 5. The van der Waals surface area contributed by atoms with E-state index in [-0.39, 0.29) is 15.8 Å². The van der Waals surface area contributed by atoms with E-state index < -0.39 is 15.1 Å². The Morgan fingerprint density at radius 1 is 1.17 bits per heavy atom. The number of ketones is 1. The van der Waals surface area contributed by atoms with Crippen LogP contribution in [0.3, 0.4) is 0 Å². The number of sulfone groups is 1. The summed E-state index contributed by atoms with van der Waals surface area (Å²) in [6, 6.07) is 5.73. The van der Waals surface area contributed by atoms with Gasteiger partial charge in [-0.1, -0.05) is 23.9 Å². The number of hydrogen-bond donors (Lipinski definition) is 0. The lowest BCUT2D eigenvalue weighted by atomic mass is 10.1. The zero-order valence-corrected chi connectivity index (χ0v) is 12.0. The number of Topliss-reactive ketones (excluding diaryl/α,β-unsaturated/α-hetero) is 1. The SMILES string of the molecule is CC(=O)SC(C)C(=O)c1ccc(S(C)(=O)=O)cc1. The van der Waals surface area contributed by atoms with Gasteiger partial charge in [0.1, 0.15) is 0 Å². The molecule has 0 spiro atoms. The predicted octanol–water partition coefficient (Wildman–Crippen LogP) is 1.94. The molecule has 0 aromatic heterocycles. The summed E-state index contributed by atoms with van der Waals surface area (Å²) in [5.41, 5.74) is 0.406. The number of carbonyl (C=O) groups excluding carboxylic acids is 2. The maximum absolute atomic E-state index is 11.9. The second-order valence-corrected chi connectivity index (χ2v) is 7.45. The summed E-state index contributed by atoms with van der Waals surface area (Å²) in [4.78, 5) is 23.0. The van der Waals surface area contributed by atoms with Gasteiger partial charge in [-0.25, -0.2) is 8.42 Å². The van der Waals surface area contributed by atoms with Gasteiger partial charge < -0.3 is 0 Å². The fourth-order valence-corrected chi connectivity index (χ4v) is 2.78. The van der Waals surface area contributed by atoms with Crippen LogP contribution in [0, 0.1) is 0 Å². The van der Waals surface area contributed by atoms with Crippen LogP contribution in [-0.4, -0.2) is 30.8 Å². The van der Waals surface area contributed by atoms with Crippen molar-refractivity contribution < 1.29 is 18.0 Å². The van der Waals surface area contributed by atoms with Crippen LogP contribution in [0.15, 0.2) is 29.2 Å². The summed E-state index contributed by atoms with van der Waals surface area (Å²) < 4.78 is 22.5. The van der Waals surface area contributed by atoms with Crippen LogP contribution in [0.5, 0.6) is 0 Å². The molecule has 18 heavy (non-hydrogen) atoms. The average molecular weight is 286 g/mol. The maximum Gasteiger partial charge on any atom is 0.186 e. The number of rotatable bonds is 4. The summed E-state index contributed by atoms with van der Waals surface area (Å²) >= 11 is 0.960. The third-order valence-corrected chi connectivity index (χ3v) is 4.31. The van der Waals surface area contributed by atoms with Gasteiger partial charge in [0.05, 0.1) is 10.1 Å². The van der Waals surface area contributed by atoms with Crippen LogP contribution >= 0.6 is 11.8 Å². The monoisotopic (exact) mass is 286 g/mol. The van der Waals surface area contributed by atoms with Crippen molar-refractivity contribution in [1.82, 2.24) is 0 Å². The summed E-state index contributed by atoms with van der Waals surface area (Å²) in [7, 11) is -3.26. The largest absolute Gasteiger partial charge is 0.293 e. The molecular weight excluding hydrogens is 272 g/mol. The van der Waals surface area contributed by atoms with Crippen LogP contribution in [0.25, 0.3) is 0 Å². The van der Waals surface area contributed by atoms with E-state index in [9.17, 15) is 18.0 Å². The van der Waals surface area contributed by atoms with Crippen LogP contribution < -0.4 is 0 Å². The highest BCUT2D eigenvalue weighted by molar-refractivity contribution is 8.14. The van der Waals surface area contributed by atoms with Crippen LogP contribution in [0.2, 0.25) is 0 Å². The van der Waals surface area contributed by atoms with Crippen LogP contribution in [-0.2, 0) is 14.6 Å². The first kappa shape index (κ1) is 14.9. The van der Waals surface area contributed by atoms with Gasteiger partial charge in [0.2, 0.25) is 0 Å². The number of benzene rings is 1. The fourth-order valence-electron chi connectivity index (χ4n) is 1.40. The molecule has 0 aliphatic carbocycles. The topological polar surface area (TPSA) is 68.3 Å². The molecule has 1 aromatic carbocycles. The Labute approximate surface area is 111 Å². The Hall–Kier alpha value is -1.14. The molecule has 1 unspecified atom stereocenters. The Kier molecular flexibility index (Phi) is 4.70. The molecule has 0 N–H and O–H groups in total. The Bertz CT molecular complexity index is 558. The molecule has 1 atom stereocenters. The molecule has 0 heterocycles. The van der Waals surface area contributed by atoms with Crippen LogP contribution in [0.1, 0.15) is 24.2 Å². The summed E-state index contributed by atoms with van der Waals surface area (Å²) in [6.07, 6.45) is 1.11. The molecule has 0 fully saturated rings. The zero-order valence-electron chi connectivity index (χ0n) is 10.3. The fraction of sp³-hybridized carbons (Fsp3) is 0.333. The Morgan fingerprint density at radius 2 is 1.67 bits per heavy atom. The zero-order chi connectivity index (χ0) is 13.9. The quantitative estimate of drug-likeness (QED) is 0.791. The van der Waals surface area contributed by atoms with Gasteiger partial charge in [0.15, 0.2) is 20.7 Å². The minimum absolute atomic E-state index is 0.122. The van der Waals surface area contributed by atoms with E-state index in [2.05, 4.69) is 0 Å². The smallest absolute Gasteiger partial charge is 0.186 e. The lowest BCUT2D eigenvalue weighted by molar-refractivity contribution is -0.109. The van der Waals surface area contributed by atoms with Gasteiger partial charge in [-0.2, -0.15) is 0 Å². The van der Waals surface area contributed by atoms with E-state index in [0.29, 0.717) is 5.56 Å². The van der Waals surface area contributed by atoms with E-state index in [4.69, 9.17) is 0 Å². The average Bonchev–Trinajstić information content (AvgIpc) is 2.26. The van der Waals surface area contributed by atoms with Gasteiger partial charge in [-0.05, 0) is 19.1 Å². The minimum Gasteiger partial charge on any atom is -0.293 e. The second-order valence-electron chi connectivity index (χ2n) is 3.91. The van der Waals surface area contributed by atoms with E-state index >= 15 is 0 Å². The molecule has 0 bridgehead atoms. The number of carbonyl (C=O) groups is 2. The van der Waals surface area contributed by atoms with Gasteiger partial charge in [0.25, 0.3) is 0 Å². The van der Waals surface area contributed by atoms with Gasteiger partial charge in [-0.3, -0.25) is 9.59 Å². The first-order valence-corrected chi connectivity index (χ1v) is 8.00. The molecule has 1 rings (SSSR count). The first-order chi connectivity index (χ1) is 8.21. The predicted molar refractivity (Wildman–Crippen MR) is 71.6 cm³/mol. The lowest BCUT2D eigenvalue weighted by Gasteiger charge is -2.08.